The standard InChI is InChI=1S/C20H24ClN3O/c1-19(2)10-13-14(11-22)17(9-15(13)20(3,4)24-19)23-18(25)12-7-5-6-8-16(12)21/h5-8,13,15,24H,9-10H2,1-4H3,(H,23,25). The van der Waals surface area contributed by atoms with E-state index in [9.17, 15) is 10.1 Å². The molecule has 1 fully saturated rings. The van der Waals surface area contributed by atoms with Crippen molar-refractivity contribution in [2.75, 3.05) is 0 Å². The van der Waals surface area contributed by atoms with Gasteiger partial charge in [-0.15, -0.1) is 0 Å². The molecule has 2 atom stereocenters. The van der Waals surface area contributed by atoms with E-state index in [1.807, 2.05) is 0 Å². The number of rotatable bonds is 2. The van der Waals surface area contributed by atoms with Gasteiger partial charge in [-0.2, -0.15) is 5.26 Å². The van der Waals surface area contributed by atoms with E-state index in [-0.39, 0.29) is 28.8 Å². The molecule has 25 heavy (non-hydrogen) atoms. The van der Waals surface area contributed by atoms with Gasteiger partial charge in [0.2, 0.25) is 0 Å². The summed E-state index contributed by atoms with van der Waals surface area (Å²) < 4.78 is 0. The first-order valence-electron chi connectivity index (χ1n) is 8.63. The highest BCUT2D eigenvalue weighted by Gasteiger charge is 2.50. The van der Waals surface area contributed by atoms with Crippen LogP contribution >= 0.6 is 11.6 Å². The minimum absolute atomic E-state index is 0.0467. The molecule has 1 aromatic carbocycles. The van der Waals surface area contributed by atoms with Crippen LogP contribution in [0.1, 0.15) is 50.9 Å². The Hall–Kier alpha value is -1.83. The SMILES string of the molecule is CC1(C)CC2C(C#N)=C(NC(=O)c3ccccc3Cl)CC2C(C)(C)N1. The smallest absolute Gasteiger partial charge is 0.256 e. The van der Waals surface area contributed by atoms with Crippen LogP contribution < -0.4 is 10.6 Å². The van der Waals surface area contributed by atoms with Crippen LogP contribution in [0.3, 0.4) is 0 Å². The fourth-order valence-electron chi connectivity index (χ4n) is 4.58. The molecule has 2 N–H and O–H groups in total. The van der Waals surface area contributed by atoms with Crippen molar-refractivity contribution in [2.24, 2.45) is 11.8 Å². The monoisotopic (exact) mass is 357 g/mol. The lowest BCUT2D eigenvalue weighted by Crippen LogP contribution is -2.62. The average molecular weight is 358 g/mol. The fraction of sp³-hybridized carbons (Fsp3) is 0.500. The zero-order chi connectivity index (χ0) is 18.4. The summed E-state index contributed by atoms with van der Waals surface area (Å²) >= 11 is 6.13. The average Bonchev–Trinajstić information content (AvgIpc) is 2.83. The zero-order valence-electron chi connectivity index (χ0n) is 15.1. The first-order chi connectivity index (χ1) is 11.6. The van der Waals surface area contributed by atoms with E-state index < -0.39 is 0 Å². The molecule has 0 radical (unpaired) electrons. The van der Waals surface area contributed by atoms with Gasteiger partial charge in [-0.3, -0.25) is 4.79 Å². The van der Waals surface area contributed by atoms with Crippen LogP contribution in [0.5, 0.6) is 0 Å². The topological polar surface area (TPSA) is 64.9 Å². The Bertz CT molecular complexity index is 788. The molecule has 1 amide bonds. The van der Waals surface area contributed by atoms with Gasteiger partial charge in [0.05, 0.1) is 22.2 Å². The third kappa shape index (κ3) is 3.31. The van der Waals surface area contributed by atoms with Gasteiger partial charge in [0.15, 0.2) is 0 Å². The number of nitriles is 1. The Morgan fingerprint density at radius 2 is 2.00 bits per heavy atom. The molecule has 1 aromatic rings. The third-order valence-corrected chi connectivity index (χ3v) is 5.76. The number of hydrogen-bond donors (Lipinski definition) is 2. The molecule has 3 rings (SSSR count). The van der Waals surface area contributed by atoms with Crippen LogP contribution in [0.15, 0.2) is 35.5 Å². The molecule has 2 unspecified atom stereocenters. The largest absolute Gasteiger partial charge is 0.325 e. The summed E-state index contributed by atoms with van der Waals surface area (Å²) in [6.45, 7) is 8.69. The number of halogens is 1. The van der Waals surface area contributed by atoms with Crippen LogP contribution in [0.2, 0.25) is 5.02 Å². The maximum atomic E-state index is 12.6. The van der Waals surface area contributed by atoms with Crippen molar-refractivity contribution in [2.45, 2.75) is 51.6 Å². The Balaban J connectivity index is 1.90. The second-order valence-electron chi connectivity index (χ2n) is 8.29. The lowest BCUT2D eigenvalue weighted by molar-refractivity contribution is 0.0809. The lowest BCUT2D eigenvalue weighted by atomic mass is 9.68. The van der Waals surface area contributed by atoms with Gasteiger partial charge in [-0.1, -0.05) is 23.7 Å². The van der Waals surface area contributed by atoms with Crippen molar-refractivity contribution in [3.63, 3.8) is 0 Å². The highest BCUT2D eigenvalue weighted by molar-refractivity contribution is 6.33. The Kier molecular flexibility index (Phi) is 4.43. The molecule has 0 saturated carbocycles. The molecule has 132 valence electrons. The van der Waals surface area contributed by atoms with Gasteiger partial charge >= 0.3 is 0 Å². The maximum absolute atomic E-state index is 12.6. The van der Waals surface area contributed by atoms with Crippen LogP contribution in [0.25, 0.3) is 0 Å². The Labute approximate surface area is 154 Å². The van der Waals surface area contributed by atoms with Crippen LogP contribution in [0, 0.1) is 23.2 Å². The zero-order valence-corrected chi connectivity index (χ0v) is 15.9. The quantitative estimate of drug-likeness (QED) is 0.839. The molecule has 1 saturated heterocycles. The van der Waals surface area contributed by atoms with Crippen LogP contribution in [0.4, 0.5) is 0 Å². The number of nitrogens with zero attached hydrogens (tertiary/aromatic N) is 1. The van der Waals surface area contributed by atoms with Gasteiger partial charge < -0.3 is 10.6 Å². The number of fused-ring (bicyclic) bond motifs is 1. The summed E-state index contributed by atoms with van der Waals surface area (Å²) in [5.74, 6) is 0.200. The summed E-state index contributed by atoms with van der Waals surface area (Å²) in [5.41, 5.74) is 1.74. The predicted molar refractivity (Wildman–Crippen MR) is 99.1 cm³/mol. The summed E-state index contributed by atoms with van der Waals surface area (Å²) in [6, 6.07) is 9.33. The van der Waals surface area contributed by atoms with E-state index in [0.29, 0.717) is 22.6 Å². The van der Waals surface area contributed by atoms with Gasteiger partial charge in [-0.05, 0) is 58.6 Å². The maximum Gasteiger partial charge on any atom is 0.256 e. The number of benzene rings is 1. The van der Waals surface area contributed by atoms with Crippen LogP contribution in [-0.4, -0.2) is 17.0 Å². The summed E-state index contributed by atoms with van der Waals surface area (Å²) in [6.07, 6.45) is 1.58. The predicted octanol–water partition coefficient (Wildman–Crippen LogP) is 4.03. The molecule has 1 aliphatic carbocycles. The van der Waals surface area contributed by atoms with Gasteiger partial charge in [0.1, 0.15) is 0 Å². The van der Waals surface area contributed by atoms with E-state index in [1.165, 1.54) is 0 Å². The number of allylic oxidation sites excluding steroid dienone is 2. The van der Waals surface area contributed by atoms with E-state index in [2.05, 4.69) is 44.4 Å². The second-order valence-corrected chi connectivity index (χ2v) is 8.70. The van der Waals surface area contributed by atoms with Crippen molar-refractivity contribution in [1.82, 2.24) is 10.6 Å². The van der Waals surface area contributed by atoms with Crippen LogP contribution in [-0.2, 0) is 0 Å². The molecular formula is C20H24ClN3O. The molecular weight excluding hydrogens is 334 g/mol. The molecule has 2 aliphatic rings. The van der Waals surface area contributed by atoms with Crippen molar-refractivity contribution in [3.05, 3.63) is 46.1 Å². The van der Waals surface area contributed by atoms with E-state index in [0.717, 1.165) is 12.1 Å². The minimum atomic E-state index is -0.253. The molecule has 5 heteroatoms. The van der Waals surface area contributed by atoms with Gasteiger partial charge in [-0.25, -0.2) is 0 Å². The van der Waals surface area contributed by atoms with Gasteiger partial charge in [0.25, 0.3) is 5.91 Å². The molecule has 0 bridgehead atoms. The summed E-state index contributed by atoms with van der Waals surface area (Å²) in [4.78, 5) is 12.6. The first-order valence-corrected chi connectivity index (χ1v) is 9.01. The van der Waals surface area contributed by atoms with Gasteiger partial charge in [0, 0.05) is 22.7 Å². The van der Waals surface area contributed by atoms with Crippen molar-refractivity contribution in [1.29, 1.82) is 5.26 Å². The minimum Gasteiger partial charge on any atom is -0.325 e. The first kappa shape index (κ1) is 18.0. The molecule has 0 aromatic heterocycles. The van der Waals surface area contributed by atoms with Crippen molar-refractivity contribution >= 4 is 17.5 Å². The number of carbonyl (C=O) groups excluding carboxylic acids is 1. The normalized spacial score (nSPS) is 26.7. The third-order valence-electron chi connectivity index (χ3n) is 5.43. The molecule has 1 heterocycles. The number of amides is 1. The Morgan fingerprint density at radius 3 is 2.64 bits per heavy atom. The second kappa shape index (κ2) is 6.16. The molecule has 4 nitrogen and oxygen atoms in total. The number of nitrogens with one attached hydrogen (secondary N) is 2. The fourth-order valence-corrected chi connectivity index (χ4v) is 4.81. The Morgan fingerprint density at radius 1 is 1.32 bits per heavy atom. The lowest BCUT2D eigenvalue weighted by Gasteiger charge is -2.50. The summed E-state index contributed by atoms with van der Waals surface area (Å²) in [7, 11) is 0. The summed E-state index contributed by atoms with van der Waals surface area (Å²) in [5, 5.41) is 16.8. The highest BCUT2D eigenvalue weighted by atomic mass is 35.5. The van der Waals surface area contributed by atoms with E-state index in [1.54, 1.807) is 24.3 Å². The number of piperidine rings is 1. The number of hydrogen-bond acceptors (Lipinski definition) is 3. The molecule has 1 aliphatic heterocycles. The van der Waals surface area contributed by atoms with E-state index >= 15 is 0 Å². The molecule has 0 spiro atoms. The highest BCUT2D eigenvalue weighted by Crippen LogP contribution is 2.49. The number of carbonyl (C=O) groups is 1. The van der Waals surface area contributed by atoms with Crippen molar-refractivity contribution in [3.8, 4) is 6.07 Å². The van der Waals surface area contributed by atoms with E-state index in [4.69, 9.17) is 11.6 Å². The van der Waals surface area contributed by atoms with Crippen molar-refractivity contribution < 1.29 is 4.79 Å².